The Morgan fingerprint density at radius 3 is 2.42 bits per heavy atom. The van der Waals surface area contributed by atoms with Crippen LogP contribution in [0.3, 0.4) is 0 Å². The molecule has 104 valence electrons. The first-order chi connectivity index (χ1) is 9.06. The van der Waals surface area contributed by atoms with Gasteiger partial charge in [0.15, 0.2) is 0 Å². The standard InChI is InChI=1S/C14H18Br2N2O/c1-18(9-10-2-4-17-5-3-10)14(19)11-6-12(15)8-13(16)7-11/h6-8,10,17H,2-5,9H2,1H3. The SMILES string of the molecule is CN(CC1CCNCC1)C(=O)c1cc(Br)cc(Br)c1. The molecule has 1 aliphatic heterocycles. The average molecular weight is 390 g/mol. The van der Waals surface area contributed by atoms with E-state index in [9.17, 15) is 4.79 Å². The first kappa shape index (κ1) is 15.0. The van der Waals surface area contributed by atoms with Gasteiger partial charge in [0.1, 0.15) is 0 Å². The molecule has 5 heteroatoms. The van der Waals surface area contributed by atoms with Crippen molar-refractivity contribution >= 4 is 37.8 Å². The van der Waals surface area contributed by atoms with Gasteiger partial charge in [0.2, 0.25) is 0 Å². The number of carbonyl (C=O) groups excluding carboxylic acids is 1. The zero-order valence-electron chi connectivity index (χ0n) is 11.0. The van der Waals surface area contributed by atoms with Crippen LogP contribution in [0.1, 0.15) is 23.2 Å². The lowest BCUT2D eigenvalue weighted by Gasteiger charge is -2.27. The van der Waals surface area contributed by atoms with E-state index in [4.69, 9.17) is 0 Å². The van der Waals surface area contributed by atoms with Gasteiger partial charge >= 0.3 is 0 Å². The highest BCUT2D eigenvalue weighted by Crippen LogP contribution is 2.21. The second kappa shape index (κ2) is 6.86. The summed E-state index contributed by atoms with van der Waals surface area (Å²) in [6, 6.07) is 5.67. The van der Waals surface area contributed by atoms with Crippen molar-refractivity contribution in [2.75, 3.05) is 26.7 Å². The summed E-state index contributed by atoms with van der Waals surface area (Å²) in [5.74, 6) is 0.700. The van der Waals surface area contributed by atoms with Crippen LogP contribution in [0, 0.1) is 5.92 Å². The number of carbonyl (C=O) groups is 1. The monoisotopic (exact) mass is 388 g/mol. The van der Waals surface area contributed by atoms with E-state index in [-0.39, 0.29) is 5.91 Å². The lowest BCUT2D eigenvalue weighted by atomic mass is 9.97. The molecule has 1 aliphatic rings. The fourth-order valence-electron chi connectivity index (χ4n) is 2.43. The summed E-state index contributed by atoms with van der Waals surface area (Å²) in [6.45, 7) is 2.97. The molecule has 0 aromatic heterocycles. The van der Waals surface area contributed by atoms with Gasteiger partial charge in [-0.3, -0.25) is 4.79 Å². The Balaban J connectivity index is 2.01. The molecule has 0 unspecified atom stereocenters. The largest absolute Gasteiger partial charge is 0.341 e. The Kier molecular flexibility index (Phi) is 5.42. The van der Waals surface area contributed by atoms with Crippen molar-refractivity contribution in [3.63, 3.8) is 0 Å². The molecule has 1 heterocycles. The number of piperidine rings is 1. The minimum Gasteiger partial charge on any atom is -0.341 e. The van der Waals surface area contributed by atoms with Crippen molar-refractivity contribution < 1.29 is 4.79 Å². The van der Waals surface area contributed by atoms with E-state index in [2.05, 4.69) is 37.2 Å². The van der Waals surface area contributed by atoms with Gasteiger partial charge in [0, 0.05) is 28.1 Å². The van der Waals surface area contributed by atoms with Gasteiger partial charge in [-0.2, -0.15) is 0 Å². The van der Waals surface area contributed by atoms with Crippen LogP contribution in [-0.4, -0.2) is 37.5 Å². The Labute approximate surface area is 131 Å². The second-order valence-electron chi connectivity index (χ2n) is 5.04. The molecule has 0 aliphatic carbocycles. The molecule has 1 amide bonds. The van der Waals surface area contributed by atoms with E-state index < -0.39 is 0 Å². The summed E-state index contributed by atoms with van der Waals surface area (Å²) in [5.41, 5.74) is 0.720. The Hall–Kier alpha value is -0.390. The Morgan fingerprint density at radius 1 is 1.26 bits per heavy atom. The van der Waals surface area contributed by atoms with Crippen LogP contribution in [0.25, 0.3) is 0 Å². The van der Waals surface area contributed by atoms with Crippen LogP contribution in [0.2, 0.25) is 0 Å². The molecule has 1 aromatic rings. The maximum atomic E-state index is 12.4. The number of nitrogens with one attached hydrogen (secondary N) is 1. The molecular weight excluding hydrogens is 372 g/mol. The maximum absolute atomic E-state index is 12.4. The number of amides is 1. The molecule has 0 spiro atoms. The van der Waals surface area contributed by atoms with Gasteiger partial charge in [-0.15, -0.1) is 0 Å². The van der Waals surface area contributed by atoms with Gasteiger partial charge in [-0.25, -0.2) is 0 Å². The molecule has 19 heavy (non-hydrogen) atoms. The third-order valence-electron chi connectivity index (χ3n) is 3.45. The molecule has 2 rings (SSSR count). The summed E-state index contributed by atoms with van der Waals surface area (Å²) in [5, 5.41) is 3.35. The number of nitrogens with zero attached hydrogens (tertiary/aromatic N) is 1. The predicted octanol–water partition coefficient (Wildman–Crippen LogP) is 3.28. The maximum Gasteiger partial charge on any atom is 0.253 e. The molecule has 1 saturated heterocycles. The minimum atomic E-state index is 0.0838. The number of rotatable bonds is 3. The van der Waals surface area contributed by atoms with Crippen LogP contribution in [0.15, 0.2) is 27.1 Å². The van der Waals surface area contributed by atoms with Crippen LogP contribution in [0.4, 0.5) is 0 Å². The number of hydrogen-bond acceptors (Lipinski definition) is 2. The van der Waals surface area contributed by atoms with E-state index in [0.717, 1.165) is 47.0 Å². The smallest absolute Gasteiger partial charge is 0.253 e. The van der Waals surface area contributed by atoms with Gasteiger partial charge in [0.05, 0.1) is 0 Å². The van der Waals surface area contributed by atoms with Crippen LogP contribution in [0.5, 0.6) is 0 Å². The third-order valence-corrected chi connectivity index (χ3v) is 4.36. The normalized spacial score (nSPS) is 16.4. The fraction of sp³-hybridized carbons (Fsp3) is 0.500. The highest BCUT2D eigenvalue weighted by atomic mass is 79.9. The lowest BCUT2D eigenvalue weighted by molar-refractivity contribution is 0.0762. The van der Waals surface area contributed by atoms with Crippen molar-refractivity contribution in [1.82, 2.24) is 10.2 Å². The number of benzene rings is 1. The summed E-state index contributed by atoms with van der Waals surface area (Å²) >= 11 is 6.84. The second-order valence-corrected chi connectivity index (χ2v) is 6.87. The van der Waals surface area contributed by atoms with Gasteiger partial charge in [-0.05, 0) is 50.0 Å². The molecule has 1 fully saturated rings. The van der Waals surface area contributed by atoms with E-state index in [1.165, 1.54) is 0 Å². The van der Waals surface area contributed by atoms with Crippen LogP contribution >= 0.6 is 31.9 Å². The van der Waals surface area contributed by atoms with Gasteiger partial charge in [-0.1, -0.05) is 31.9 Å². The lowest BCUT2D eigenvalue weighted by Crippen LogP contribution is -2.37. The van der Waals surface area contributed by atoms with Gasteiger partial charge < -0.3 is 10.2 Å². The minimum absolute atomic E-state index is 0.0838. The Morgan fingerprint density at radius 2 is 1.84 bits per heavy atom. The van der Waals surface area contributed by atoms with Crippen LogP contribution in [-0.2, 0) is 0 Å². The highest BCUT2D eigenvalue weighted by molar-refractivity contribution is 9.11. The summed E-state index contributed by atoms with van der Waals surface area (Å²) in [7, 11) is 1.89. The topological polar surface area (TPSA) is 32.3 Å². The molecule has 0 atom stereocenters. The fourth-order valence-corrected chi connectivity index (χ4v) is 3.73. The summed E-state index contributed by atoms with van der Waals surface area (Å²) < 4.78 is 1.83. The molecule has 0 bridgehead atoms. The predicted molar refractivity (Wildman–Crippen MR) is 84.4 cm³/mol. The number of halogens is 2. The molecule has 0 saturated carbocycles. The van der Waals surface area contributed by atoms with Crippen LogP contribution < -0.4 is 5.32 Å². The highest BCUT2D eigenvalue weighted by Gasteiger charge is 2.19. The zero-order chi connectivity index (χ0) is 13.8. The van der Waals surface area contributed by atoms with Crippen molar-refractivity contribution in [3.05, 3.63) is 32.7 Å². The van der Waals surface area contributed by atoms with E-state index in [1.807, 2.05) is 30.1 Å². The van der Waals surface area contributed by atoms with Crippen molar-refractivity contribution in [3.8, 4) is 0 Å². The average Bonchev–Trinajstić information content (AvgIpc) is 2.37. The van der Waals surface area contributed by atoms with Crippen molar-refractivity contribution in [1.29, 1.82) is 0 Å². The van der Waals surface area contributed by atoms with E-state index in [0.29, 0.717) is 5.92 Å². The first-order valence-corrected chi connectivity index (χ1v) is 8.07. The van der Waals surface area contributed by atoms with E-state index in [1.54, 1.807) is 0 Å². The Bertz CT molecular complexity index is 439. The van der Waals surface area contributed by atoms with Crippen molar-refractivity contribution in [2.45, 2.75) is 12.8 Å². The third kappa shape index (κ3) is 4.29. The molecule has 3 nitrogen and oxygen atoms in total. The molecular formula is C14H18Br2N2O. The zero-order valence-corrected chi connectivity index (χ0v) is 14.1. The summed E-state index contributed by atoms with van der Waals surface area (Å²) in [4.78, 5) is 14.2. The van der Waals surface area contributed by atoms with Gasteiger partial charge in [0.25, 0.3) is 5.91 Å². The molecule has 0 radical (unpaired) electrons. The molecule has 1 aromatic carbocycles. The quantitative estimate of drug-likeness (QED) is 0.860. The molecule has 1 N–H and O–H groups in total. The van der Waals surface area contributed by atoms with Crippen molar-refractivity contribution in [2.24, 2.45) is 5.92 Å². The summed E-state index contributed by atoms with van der Waals surface area (Å²) in [6.07, 6.45) is 2.31. The number of hydrogen-bond donors (Lipinski definition) is 1. The first-order valence-electron chi connectivity index (χ1n) is 6.48. The van der Waals surface area contributed by atoms with E-state index >= 15 is 0 Å².